The van der Waals surface area contributed by atoms with Crippen molar-refractivity contribution in [2.24, 2.45) is 5.73 Å². The third-order valence-electron chi connectivity index (χ3n) is 2.47. The van der Waals surface area contributed by atoms with Crippen LogP contribution < -0.4 is 10.5 Å². The molecule has 0 aliphatic rings. The number of aromatic nitrogens is 3. The van der Waals surface area contributed by atoms with E-state index in [0.717, 1.165) is 15.7 Å². The predicted octanol–water partition coefficient (Wildman–Crippen LogP) is 1.89. The molecule has 2 heterocycles. The van der Waals surface area contributed by atoms with E-state index in [0.29, 0.717) is 12.3 Å². The van der Waals surface area contributed by atoms with Gasteiger partial charge in [0.1, 0.15) is 6.33 Å². The fourth-order valence-corrected chi connectivity index (χ4v) is 2.01. The zero-order chi connectivity index (χ0) is 13.0. The Bertz CT molecular complexity index is 535. The van der Waals surface area contributed by atoms with Crippen LogP contribution in [-0.4, -0.2) is 22.1 Å². The van der Waals surface area contributed by atoms with Crippen molar-refractivity contribution in [3.63, 3.8) is 0 Å². The molecule has 0 aliphatic heterocycles. The molecule has 0 saturated heterocycles. The van der Waals surface area contributed by atoms with Crippen molar-refractivity contribution < 1.29 is 4.74 Å². The number of pyridine rings is 1. The van der Waals surface area contributed by atoms with Gasteiger partial charge in [0.15, 0.2) is 0 Å². The zero-order valence-corrected chi connectivity index (χ0v) is 11.5. The fourth-order valence-electron chi connectivity index (χ4n) is 1.59. The minimum atomic E-state index is -0.210. The Morgan fingerprint density at radius 3 is 2.89 bits per heavy atom. The molecule has 2 aromatic heterocycles. The van der Waals surface area contributed by atoms with E-state index in [4.69, 9.17) is 10.5 Å². The first-order chi connectivity index (χ1) is 8.69. The van der Waals surface area contributed by atoms with Crippen molar-refractivity contribution in [2.75, 3.05) is 7.11 Å². The molecular formula is C12H13BrN4O. The number of nitrogens with zero attached hydrogens (tertiary/aromatic N) is 3. The number of hydrogen-bond donors (Lipinski definition) is 1. The molecule has 94 valence electrons. The molecule has 0 bridgehead atoms. The highest BCUT2D eigenvalue weighted by Crippen LogP contribution is 2.18. The normalized spacial score (nSPS) is 12.2. The fraction of sp³-hybridized carbons (Fsp3) is 0.250. The molecule has 0 saturated carbocycles. The third kappa shape index (κ3) is 3.24. The van der Waals surface area contributed by atoms with E-state index in [1.807, 2.05) is 6.07 Å². The van der Waals surface area contributed by atoms with E-state index in [1.54, 1.807) is 25.6 Å². The Kier molecular flexibility index (Phi) is 4.22. The molecule has 0 spiro atoms. The molecule has 2 rings (SSSR count). The van der Waals surface area contributed by atoms with Gasteiger partial charge in [-0.3, -0.25) is 4.98 Å². The van der Waals surface area contributed by atoms with Gasteiger partial charge in [-0.25, -0.2) is 9.97 Å². The van der Waals surface area contributed by atoms with E-state index in [9.17, 15) is 0 Å². The number of hydrogen-bond acceptors (Lipinski definition) is 5. The lowest BCUT2D eigenvalue weighted by Gasteiger charge is -2.11. The number of methoxy groups -OCH3 is 1. The Morgan fingerprint density at radius 2 is 2.17 bits per heavy atom. The number of ether oxygens (including phenoxy) is 1. The Labute approximate surface area is 114 Å². The number of halogens is 1. The van der Waals surface area contributed by atoms with Gasteiger partial charge >= 0.3 is 0 Å². The average molecular weight is 309 g/mol. The highest BCUT2D eigenvalue weighted by Gasteiger charge is 2.10. The van der Waals surface area contributed by atoms with Gasteiger partial charge in [0.25, 0.3) is 0 Å². The van der Waals surface area contributed by atoms with Gasteiger partial charge in [-0.1, -0.05) is 0 Å². The minimum Gasteiger partial charge on any atom is -0.481 e. The van der Waals surface area contributed by atoms with Crippen LogP contribution in [0.4, 0.5) is 0 Å². The first kappa shape index (κ1) is 12.9. The Morgan fingerprint density at radius 1 is 1.33 bits per heavy atom. The molecule has 0 amide bonds. The molecule has 2 N–H and O–H groups in total. The Balaban J connectivity index is 2.13. The summed E-state index contributed by atoms with van der Waals surface area (Å²) in [4.78, 5) is 12.2. The van der Waals surface area contributed by atoms with Crippen LogP contribution in [0.2, 0.25) is 0 Å². The van der Waals surface area contributed by atoms with Gasteiger partial charge in [0, 0.05) is 22.9 Å². The molecule has 0 aromatic carbocycles. The van der Waals surface area contributed by atoms with Crippen molar-refractivity contribution in [3.8, 4) is 5.88 Å². The van der Waals surface area contributed by atoms with Crippen LogP contribution >= 0.6 is 15.9 Å². The highest BCUT2D eigenvalue weighted by molar-refractivity contribution is 9.10. The third-order valence-corrected chi connectivity index (χ3v) is 2.90. The molecule has 2 aromatic rings. The predicted molar refractivity (Wildman–Crippen MR) is 71.2 cm³/mol. The first-order valence-electron chi connectivity index (χ1n) is 5.40. The second-order valence-electron chi connectivity index (χ2n) is 3.81. The largest absolute Gasteiger partial charge is 0.481 e. The summed E-state index contributed by atoms with van der Waals surface area (Å²) < 4.78 is 5.99. The molecule has 1 unspecified atom stereocenters. The summed E-state index contributed by atoms with van der Waals surface area (Å²) in [5.74, 6) is 0.516. The number of nitrogens with two attached hydrogens (primary N) is 1. The van der Waals surface area contributed by atoms with Crippen LogP contribution in [-0.2, 0) is 6.42 Å². The maximum Gasteiger partial charge on any atom is 0.216 e. The molecule has 1 atom stereocenters. The monoisotopic (exact) mass is 308 g/mol. The standard InChI is InChI=1S/C12H13BrN4O/c1-18-12-4-11(16-7-17-12)10(14)3-8-2-9(13)6-15-5-8/h2,4-7,10H,3,14H2,1H3. The van der Waals surface area contributed by atoms with Crippen molar-refractivity contribution in [1.29, 1.82) is 0 Å². The molecule has 0 aliphatic carbocycles. The summed E-state index contributed by atoms with van der Waals surface area (Å²) in [5, 5.41) is 0. The van der Waals surface area contributed by atoms with Crippen LogP contribution in [0.5, 0.6) is 5.88 Å². The van der Waals surface area contributed by atoms with Crippen LogP contribution in [0.15, 0.2) is 35.3 Å². The SMILES string of the molecule is COc1cc(C(N)Cc2cncc(Br)c2)ncn1. The van der Waals surface area contributed by atoms with Gasteiger partial charge < -0.3 is 10.5 Å². The van der Waals surface area contributed by atoms with Gasteiger partial charge in [-0.05, 0) is 34.0 Å². The number of rotatable bonds is 4. The highest BCUT2D eigenvalue weighted by atomic mass is 79.9. The molecule has 6 heteroatoms. The quantitative estimate of drug-likeness (QED) is 0.933. The summed E-state index contributed by atoms with van der Waals surface area (Å²) in [6, 6.07) is 3.53. The maximum absolute atomic E-state index is 6.11. The van der Waals surface area contributed by atoms with Crippen LogP contribution in [0.1, 0.15) is 17.3 Å². The molecule has 5 nitrogen and oxygen atoms in total. The Hall–Kier alpha value is -1.53. The smallest absolute Gasteiger partial charge is 0.216 e. The zero-order valence-electron chi connectivity index (χ0n) is 9.88. The van der Waals surface area contributed by atoms with Crippen LogP contribution in [0, 0.1) is 0 Å². The lowest BCUT2D eigenvalue weighted by molar-refractivity contribution is 0.395. The molecule has 0 fully saturated rings. The summed E-state index contributed by atoms with van der Waals surface area (Å²) in [6.07, 6.45) is 5.64. The molecule has 18 heavy (non-hydrogen) atoms. The van der Waals surface area contributed by atoms with Crippen molar-refractivity contribution >= 4 is 15.9 Å². The first-order valence-corrected chi connectivity index (χ1v) is 6.19. The second kappa shape index (κ2) is 5.88. The minimum absolute atomic E-state index is 0.210. The van der Waals surface area contributed by atoms with E-state index < -0.39 is 0 Å². The van der Waals surface area contributed by atoms with Gasteiger partial charge in [0.2, 0.25) is 5.88 Å². The van der Waals surface area contributed by atoms with Crippen LogP contribution in [0.3, 0.4) is 0 Å². The van der Waals surface area contributed by atoms with Gasteiger partial charge in [0.05, 0.1) is 18.8 Å². The van der Waals surface area contributed by atoms with Crippen molar-refractivity contribution in [1.82, 2.24) is 15.0 Å². The second-order valence-corrected chi connectivity index (χ2v) is 4.72. The molecular weight excluding hydrogens is 296 g/mol. The maximum atomic E-state index is 6.11. The topological polar surface area (TPSA) is 73.9 Å². The van der Waals surface area contributed by atoms with E-state index in [-0.39, 0.29) is 6.04 Å². The van der Waals surface area contributed by atoms with E-state index in [1.165, 1.54) is 6.33 Å². The van der Waals surface area contributed by atoms with Crippen LogP contribution in [0.25, 0.3) is 0 Å². The summed E-state index contributed by atoms with van der Waals surface area (Å²) in [6.45, 7) is 0. The molecule has 0 radical (unpaired) electrons. The summed E-state index contributed by atoms with van der Waals surface area (Å²) in [5.41, 5.74) is 7.91. The van der Waals surface area contributed by atoms with Crippen molar-refractivity contribution in [3.05, 3.63) is 46.6 Å². The lowest BCUT2D eigenvalue weighted by Crippen LogP contribution is -2.15. The van der Waals surface area contributed by atoms with Gasteiger partial charge in [-0.2, -0.15) is 0 Å². The summed E-state index contributed by atoms with van der Waals surface area (Å²) in [7, 11) is 1.57. The van der Waals surface area contributed by atoms with E-state index >= 15 is 0 Å². The average Bonchev–Trinajstić information content (AvgIpc) is 2.39. The van der Waals surface area contributed by atoms with E-state index in [2.05, 4.69) is 30.9 Å². The lowest BCUT2D eigenvalue weighted by atomic mass is 10.1. The summed E-state index contributed by atoms with van der Waals surface area (Å²) >= 11 is 3.38. The van der Waals surface area contributed by atoms with Crippen molar-refractivity contribution in [2.45, 2.75) is 12.5 Å². The van der Waals surface area contributed by atoms with Gasteiger partial charge in [-0.15, -0.1) is 0 Å².